The second kappa shape index (κ2) is 6.28. The number of nitrogens with zero attached hydrogens (tertiary/aromatic N) is 3. The molecule has 0 amide bonds. The topological polar surface area (TPSA) is 49.2 Å². The lowest BCUT2D eigenvalue weighted by molar-refractivity contribution is 0.395. The number of pyridine rings is 1. The van der Waals surface area contributed by atoms with Crippen molar-refractivity contribution < 1.29 is 9.47 Å². The fourth-order valence-electron chi connectivity index (χ4n) is 2.89. The van der Waals surface area contributed by atoms with Gasteiger partial charge < -0.3 is 9.47 Å². The molecule has 4 rings (SSSR count). The van der Waals surface area contributed by atoms with E-state index in [1.54, 1.807) is 20.4 Å². The van der Waals surface area contributed by atoms with Crippen LogP contribution in [0.3, 0.4) is 0 Å². The average molecular weight is 331 g/mol. The Kier molecular flexibility index (Phi) is 3.82. The summed E-state index contributed by atoms with van der Waals surface area (Å²) in [6.07, 6.45) is 1.78. The van der Waals surface area contributed by atoms with Crippen LogP contribution in [0.1, 0.15) is 0 Å². The number of hydrogen-bond donors (Lipinski definition) is 0. The van der Waals surface area contributed by atoms with Crippen molar-refractivity contribution in [1.29, 1.82) is 0 Å². The molecule has 5 heteroatoms. The van der Waals surface area contributed by atoms with Gasteiger partial charge in [-0.15, -0.1) is 0 Å². The molecule has 2 aromatic heterocycles. The molecular formula is C20H17N3O2. The van der Waals surface area contributed by atoms with Crippen molar-refractivity contribution in [3.63, 3.8) is 0 Å². The molecule has 124 valence electrons. The van der Waals surface area contributed by atoms with Crippen molar-refractivity contribution in [2.75, 3.05) is 14.2 Å². The van der Waals surface area contributed by atoms with Gasteiger partial charge in [-0.2, -0.15) is 5.10 Å². The Bertz CT molecular complexity index is 1030. The van der Waals surface area contributed by atoms with Gasteiger partial charge in [0.25, 0.3) is 0 Å². The first-order valence-electron chi connectivity index (χ1n) is 7.93. The van der Waals surface area contributed by atoms with E-state index in [0.717, 1.165) is 33.7 Å². The molecule has 0 bridgehead atoms. The van der Waals surface area contributed by atoms with E-state index < -0.39 is 0 Å². The summed E-state index contributed by atoms with van der Waals surface area (Å²) in [4.78, 5) is 4.53. The van der Waals surface area contributed by atoms with Crippen LogP contribution in [-0.4, -0.2) is 29.0 Å². The van der Waals surface area contributed by atoms with Crippen LogP contribution in [0.4, 0.5) is 0 Å². The van der Waals surface area contributed by atoms with Crippen LogP contribution in [0.25, 0.3) is 28.0 Å². The fraction of sp³-hybridized carbons (Fsp3) is 0.100. The third-order valence-corrected chi connectivity index (χ3v) is 4.11. The van der Waals surface area contributed by atoms with Crippen molar-refractivity contribution in [1.82, 2.24) is 14.8 Å². The molecule has 0 aliphatic rings. The summed E-state index contributed by atoms with van der Waals surface area (Å²) in [6.45, 7) is 0. The SMILES string of the molecule is COc1ccc(-c2nn(-c3ccccc3)c3ncccc23)c(OC)c1. The Morgan fingerprint density at radius 2 is 1.72 bits per heavy atom. The van der Waals surface area contributed by atoms with Gasteiger partial charge in [0.2, 0.25) is 0 Å². The van der Waals surface area contributed by atoms with Gasteiger partial charge in [-0.3, -0.25) is 0 Å². The molecule has 0 aliphatic carbocycles. The largest absolute Gasteiger partial charge is 0.497 e. The molecule has 2 aromatic carbocycles. The number of aromatic nitrogens is 3. The van der Waals surface area contributed by atoms with Crippen LogP contribution in [0.15, 0.2) is 66.9 Å². The number of hydrogen-bond acceptors (Lipinski definition) is 4. The zero-order chi connectivity index (χ0) is 17.2. The molecule has 5 nitrogen and oxygen atoms in total. The Labute approximate surface area is 145 Å². The number of rotatable bonds is 4. The van der Waals surface area contributed by atoms with Gasteiger partial charge in [0.15, 0.2) is 5.65 Å². The molecular weight excluding hydrogens is 314 g/mol. The molecule has 0 radical (unpaired) electrons. The molecule has 0 spiro atoms. The number of ether oxygens (including phenoxy) is 2. The van der Waals surface area contributed by atoms with E-state index in [-0.39, 0.29) is 0 Å². The summed E-state index contributed by atoms with van der Waals surface area (Å²) in [5.74, 6) is 1.45. The summed E-state index contributed by atoms with van der Waals surface area (Å²) in [7, 11) is 3.28. The third kappa shape index (κ3) is 2.59. The lowest BCUT2D eigenvalue weighted by Gasteiger charge is -2.09. The van der Waals surface area contributed by atoms with E-state index in [9.17, 15) is 0 Å². The molecule has 2 heterocycles. The van der Waals surface area contributed by atoms with E-state index in [1.165, 1.54) is 0 Å². The van der Waals surface area contributed by atoms with Gasteiger partial charge in [-0.05, 0) is 36.4 Å². The highest BCUT2D eigenvalue weighted by molar-refractivity contribution is 5.93. The smallest absolute Gasteiger partial charge is 0.163 e. The Balaban J connectivity index is 1.98. The first-order valence-corrected chi connectivity index (χ1v) is 7.93. The average Bonchev–Trinajstić information content (AvgIpc) is 3.07. The zero-order valence-electron chi connectivity index (χ0n) is 14.0. The van der Waals surface area contributed by atoms with Crippen molar-refractivity contribution in [3.8, 4) is 28.4 Å². The predicted octanol–water partition coefficient (Wildman–Crippen LogP) is 4.10. The standard InChI is InChI=1S/C20H17N3O2/c1-24-15-10-11-16(18(13-15)25-2)19-17-9-6-12-21-20(17)23(22-19)14-7-4-3-5-8-14/h3-13H,1-2H3. The molecule has 0 saturated carbocycles. The van der Waals surface area contributed by atoms with Crippen molar-refractivity contribution in [3.05, 3.63) is 66.9 Å². The van der Waals surface area contributed by atoms with Gasteiger partial charge >= 0.3 is 0 Å². The van der Waals surface area contributed by atoms with Crippen molar-refractivity contribution >= 4 is 11.0 Å². The molecule has 0 atom stereocenters. The highest BCUT2D eigenvalue weighted by atomic mass is 16.5. The van der Waals surface area contributed by atoms with E-state index in [2.05, 4.69) is 4.98 Å². The summed E-state index contributed by atoms with van der Waals surface area (Å²) in [5, 5.41) is 5.79. The van der Waals surface area contributed by atoms with Crippen LogP contribution in [0.2, 0.25) is 0 Å². The lowest BCUT2D eigenvalue weighted by Crippen LogP contribution is -1.97. The van der Waals surface area contributed by atoms with Gasteiger partial charge in [0.1, 0.15) is 17.2 Å². The minimum absolute atomic E-state index is 0.711. The van der Waals surface area contributed by atoms with Gasteiger partial charge in [0, 0.05) is 23.2 Å². The fourth-order valence-corrected chi connectivity index (χ4v) is 2.89. The lowest BCUT2D eigenvalue weighted by atomic mass is 10.1. The summed E-state index contributed by atoms with van der Waals surface area (Å²) in [5.41, 5.74) is 3.49. The van der Waals surface area contributed by atoms with Crippen LogP contribution in [-0.2, 0) is 0 Å². The molecule has 0 N–H and O–H groups in total. The molecule has 0 unspecified atom stereocenters. The Morgan fingerprint density at radius 1 is 0.880 bits per heavy atom. The number of fused-ring (bicyclic) bond motifs is 1. The summed E-state index contributed by atoms with van der Waals surface area (Å²) >= 11 is 0. The van der Waals surface area contributed by atoms with Gasteiger partial charge in [-0.1, -0.05) is 18.2 Å². The predicted molar refractivity (Wildman–Crippen MR) is 97.4 cm³/mol. The third-order valence-electron chi connectivity index (χ3n) is 4.11. The van der Waals surface area contributed by atoms with E-state index in [4.69, 9.17) is 14.6 Å². The summed E-state index contributed by atoms with van der Waals surface area (Å²) < 4.78 is 12.7. The van der Waals surface area contributed by atoms with Crippen LogP contribution < -0.4 is 9.47 Å². The molecule has 0 saturated heterocycles. The number of para-hydroxylation sites is 1. The molecule has 25 heavy (non-hydrogen) atoms. The van der Waals surface area contributed by atoms with Crippen molar-refractivity contribution in [2.24, 2.45) is 0 Å². The minimum Gasteiger partial charge on any atom is -0.497 e. The van der Waals surface area contributed by atoms with Gasteiger partial charge in [0.05, 0.1) is 19.9 Å². The molecule has 0 aliphatic heterocycles. The maximum atomic E-state index is 5.56. The van der Waals surface area contributed by atoms with Crippen LogP contribution in [0.5, 0.6) is 11.5 Å². The first-order chi connectivity index (χ1) is 12.3. The van der Waals surface area contributed by atoms with E-state index in [1.807, 2.05) is 65.3 Å². The second-order valence-electron chi connectivity index (χ2n) is 5.54. The van der Waals surface area contributed by atoms with Crippen LogP contribution >= 0.6 is 0 Å². The second-order valence-corrected chi connectivity index (χ2v) is 5.54. The Morgan fingerprint density at radius 3 is 2.48 bits per heavy atom. The molecule has 4 aromatic rings. The highest BCUT2D eigenvalue weighted by Crippen LogP contribution is 2.36. The van der Waals surface area contributed by atoms with Crippen LogP contribution in [0, 0.1) is 0 Å². The normalized spacial score (nSPS) is 10.8. The van der Waals surface area contributed by atoms with Crippen molar-refractivity contribution in [2.45, 2.75) is 0 Å². The maximum absolute atomic E-state index is 5.56. The van der Waals surface area contributed by atoms with Gasteiger partial charge in [-0.25, -0.2) is 9.67 Å². The minimum atomic E-state index is 0.711. The number of methoxy groups -OCH3 is 2. The quantitative estimate of drug-likeness (QED) is 0.565. The van der Waals surface area contributed by atoms with E-state index in [0.29, 0.717) is 5.75 Å². The maximum Gasteiger partial charge on any atom is 0.163 e. The van der Waals surface area contributed by atoms with E-state index >= 15 is 0 Å². The highest BCUT2D eigenvalue weighted by Gasteiger charge is 2.17. The monoisotopic (exact) mass is 331 g/mol. The summed E-state index contributed by atoms with van der Waals surface area (Å²) in [6, 6.07) is 19.6. The Hall–Kier alpha value is -3.34. The first kappa shape index (κ1) is 15.2. The number of benzene rings is 2. The zero-order valence-corrected chi connectivity index (χ0v) is 14.0. The molecule has 0 fully saturated rings.